The number of piperidine rings is 1. The van der Waals surface area contributed by atoms with Gasteiger partial charge in [-0.1, -0.05) is 20.3 Å². The Hall–Kier alpha value is -0.0800. The molecule has 160 valence electrons. The third kappa shape index (κ3) is 8.86. The fraction of sp³-hybridized carbons (Fsp3) is 0.952. The maximum absolute atomic E-state index is 4.98. The summed E-state index contributed by atoms with van der Waals surface area (Å²) in [4.78, 5) is 12.6. The number of nitrogens with one attached hydrogen (secondary N) is 1. The normalized spacial score (nSPS) is 25.8. The van der Waals surface area contributed by atoms with Gasteiger partial charge in [-0.2, -0.15) is 0 Å². The first-order chi connectivity index (χ1) is 12.6. The van der Waals surface area contributed by atoms with Crippen molar-refractivity contribution in [3.8, 4) is 0 Å². The molecule has 0 saturated carbocycles. The molecule has 1 unspecified atom stereocenters. The van der Waals surface area contributed by atoms with Crippen LogP contribution in [0, 0.1) is 5.41 Å². The second-order valence-corrected chi connectivity index (χ2v) is 8.67. The van der Waals surface area contributed by atoms with Crippen molar-refractivity contribution < 1.29 is 0 Å². The zero-order chi connectivity index (χ0) is 18.8. The summed E-state index contributed by atoms with van der Waals surface area (Å²) in [7, 11) is 2.24. The lowest BCUT2D eigenvalue weighted by Crippen LogP contribution is -2.49. The first kappa shape index (κ1) is 25.0. The van der Waals surface area contributed by atoms with Crippen LogP contribution in [0.15, 0.2) is 4.99 Å². The van der Waals surface area contributed by atoms with Crippen molar-refractivity contribution in [1.82, 2.24) is 20.0 Å². The quantitative estimate of drug-likeness (QED) is 0.255. The largest absolute Gasteiger partial charge is 0.357 e. The molecule has 0 aromatic carbocycles. The van der Waals surface area contributed by atoms with Gasteiger partial charge in [-0.05, 0) is 71.1 Å². The minimum Gasteiger partial charge on any atom is -0.357 e. The molecule has 2 heterocycles. The number of aliphatic imine (C=N–C) groups is 1. The fourth-order valence-electron chi connectivity index (χ4n) is 4.53. The van der Waals surface area contributed by atoms with E-state index in [1.807, 2.05) is 0 Å². The van der Waals surface area contributed by atoms with Crippen molar-refractivity contribution in [2.24, 2.45) is 10.4 Å². The second kappa shape index (κ2) is 13.2. The van der Waals surface area contributed by atoms with Gasteiger partial charge in [0.2, 0.25) is 0 Å². The van der Waals surface area contributed by atoms with Gasteiger partial charge in [-0.3, -0.25) is 4.99 Å². The molecule has 2 fully saturated rings. The number of hydrogen-bond donors (Lipinski definition) is 1. The molecule has 1 atom stereocenters. The minimum atomic E-state index is 0. The average molecular weight is 494 g/mol. The average Bonchev–Trinajstić information content (AvgIpc) is 2.82. The highest BCUT2D eigenvalue weighted by molar-refractivity contribution is 14.0. The minimum absolute atomic E-state index is 0. The maximum atomic E-state index is 4.98. The molecular formula is C21H44IN5. The Morgan fingerprint density at radius 1 is 1.07 bits per heavy atom. The molecule has 0 aromatic heterocycles. The van der Waals surface area contributed by atoms with E-state index >= 15 is 0 Å². The summed E-state index contributed by atoms with van der Waals surface area (Å²) in [6.07, 6.45) is 7.72. The number of rotatable bonds is 7. The van der Waals surface area contributed by atoms with Gasteiger partial charge < -0.3 is 20.0 Å². The molecular weight excluding hydrogens is 449 g/mol. The molecule has 1 N–H and O–H groups in total. The second-order valence-electron chi connectivity index (χ2n) is 8.67. The third-order valence-corrected chi connectivity index (χ3v) is 5.98. The lowest BCUT2D eigenvalue weighted by molar-refractivity contribution is 0.142. The lowest BCUT2D eigenvalue weighted by Gasteiger charge is -2.42. The zero-order valence-corrected chi connectivity index (χ0v) is 20.6. The Balaban J connectivity index is 0.00000364. The van der Waals surface area contributed by atoms with Gasteiger partial charge in [0.05, 0.1) is 0 Å². The Morgan fingerprint density at radius 2 is 1.89 bits per heavy atom. The number of halogens is 1. The van der Waals surface area contributed by atoms with E-state index in [-0.39, 0.29) is 24.0 Å². The van der Waals surface area contributed by atoms with E-state index in [1.54, 1.807) is 0 Å². The SMILES string of the molecule is CCCC1(C)CCCN(C(=NCCCN2CCCN(C)CC2)NCC)C1.I. The first-order valence-electron chi connectivity index (χ1n) is 11.0. The van der Waals surface area contributed by atoms with Crippen LogP contribution in [0.5, 0.6) is 0 Å². The van der Waals surface area contributed by atoms with Crippen LogP contribution in [-0.2, 0) is 0 Å². The predicted octanol–water partition coefficient (Wildman–Crippen LogP) is 3.50. The van der Waals surface area contributed by atoms with E-state index < -0.39 is 0 Å². The van der Waals surface area contributed by atoms with Crippen LogP contribution < -0.4 is 5.32 Å². The molecule has 5 nitrogen and oxygen atoms in total. The van der Waals surface area contributed by atoms with E-state index in [0.717, 1.165) is 32.1 Å². The third-order valence-electron chi connectivity index (χ3n) is 5.98. The molecule has 27 heavy (non-hydrogen) atoms. The number of nitrogens with zero attached hydrogens (tertiary/aromatic N) is 4. The van der Waals surface area contributed by atoms with Crippen LogP contribution >= 0.6 is 24.0 Å². The summed E-state index contributed by atoms with van der Waals surface area (Å²) < 4.78 is 0. The standard InChI is InChI=1S/C21H43N5.HI/c1-5-10-21(3)11-7-16-26(19-21)20(22-6-2)23-12-8-14-25-15-9-13-24(4)17-18-25;/h5-19H2,1-4H3,(H,22,23);1H. The molecule has 0 amide bonds. The molecule has 2 aliphatic heterocycles. The molecule has 2 rings (SSSR count). The van der Waals surface area contributed by atoms with Crippen molar-refractivity contribution in [2.75, 3.05) is 66.0 Å². The molecule has 2 saturated heterocycles. The number of guanidine groups is 1. The van der Waals surface area contributed by atoms with Gasteiger partial charge in [0.25, 0.3) is 0 Å². The maximum Gasteiger partial charge on any atom is 0.193 e. The highest BCUT2D eigenvalue weighted by atomic mass is 127. The molecule has 0 radical (unpaired) electrons. The van der Waals surface area contributed by atoms with E-state index in [4.69, 9.17) is 4.99 Å². The first-order valence-corrected chi connectivity index (χ1v) is 11.0. The van der Waals surface area contributed by atoms with E-state index in [0.29, 0.717) is 5.41 Å². The Morgan fingerprint density at radius 3 is 2.63 bits per heavy atom. The predicted molar refractivity (Wildman–Crippen MR) is 128 cm³/mol. The molecule has 0 spiro atoms. The van der Waals surface area contributed by atoms with Crippen molar-refractivity contribution in [1.29, 1.82) is 0 Å². The van der Waals surface area contributed by atoms with Gasteiger partial charge in [0, 0.05) is 39.3 Å². The number of likely N-dealkylation sites (tertiary alicyclic amines) is 1. The molecule has 0 aromatic rings. The van der Waals surface area contributed by atoms with Crippen LogP contribution in [-0.4, -0.2) is 86.6 Å². The highest BCUT2D eigenvalue weighted by Gasteiger charge is 2.31. The summed E-state index contributed by atoms with van der Waals surface area (Å²) in [6.45, 7) is 17.2. The van der Waals surface area contributed by atoms with Crippen LogP contribution in [0.1, 0.15) is 59.3 Å². The molecule has 0 aliphatic carbocycles. The summed E-state index contributed by atoms with van der Waals surface area (Å²) in [6, 6.07) is 0. The van der Waals surface area contributed by atoms with Gasteiger partial charge >= 0.3 is 0 Å². The monoisotopic (exact) mass is 493 g/mol. The molecule has 2 aliphatic rings. The van der Waals surface area contributed by atoms with Gasteiger partial charge in [0.15, 0.2) is 5.96 Å². The summed E-state index contributed by atoms with van der Waals surface area (Å²) in [5, 5.41) is 3.54. The molecule has 6 heteroatoms. The van der Waals surface area contributed by atoms with E-state index in [1.165, 1.54) is 71.2 Å². The van der Waals surface area contributed by atoms with Gasteiger partial charge in [-0.25, -0.2) is 0 Å². The van der Waals surface area contributed by atoms with Crippen LogP contribution in [0.25, 0.3) is 0 Å². The van der Waals surface area contributed by atoms with Gasteiger partial charge in [0.1, 0.15) is 0 Å². The van der Waals surface area contributed by atoms with Crippen molar-refractivity contribution in [2.45, 2.75) is 59.3 Å². The van der Waals surface area contributed by atoms with Crippen molar-refractivity contribution in [3.63, 3.8) is 0 Å². The van der Waals surface area contributed by atoms with Crippen molar-refractivity contribution >= 4 is 29.9 Å². The summed E-state index contributed by atoms with van der Waals surface area (Å²) in [5.74, 6) is 1.14. The lowest BCUT2D eigenvalue weighted by atomic mass is 9.78. The summed E-state index contributed by atoms with van der Waals surface area (Å²) in [5.41, 5.74) is 0.460. The fourth-order valence-corrected chi connectivity index (χ4v) is 4.53. The highest BCUT2D eigenvalue weighted by Crippen LogP contribution is 2.33. The van der Waals surface area contributed by atoms with Crippen LogP contribution in [0.2, 0.25) is 0 Å². The van der Waals surface area contributed by atoms with E-state index in [9.17, 15) is 0 Å². The topological polar surface area (TPSA) is 34.1 Å². The Bertz CT molecular complexity index is 427. The summed E-state index contributed by atoms with van der Waals surface area (Å²) >= 11 is 0. The Labute approximate surface area is 185 Å². The van der Waals surface area contributed by atoms with Gasteiger partial charge in [-0.15, -0.1) is 24.0 Å². The Kier molecular flexibility index (Phi) is 12.2. The van der Waals surface area contributed by atoms with Crippen LogP contribution in [0.3, 0.4) is 0 Å². The van der Waals surface area contributed by atoms with E-state index in [2.05, 4.69) is 47.8 Å². The molecule has 0 bridgehead atoms. The number of likely N-dealkylation sites (N-methyl/N-ethyl adjacent to an activating group) is 1. The number of hydrogen-bond acceptors (Lipinski definition) is 3. The smallest absolute Gasteiger partial charge is 0.193 e. The van der Waals surface area contributed by atoms with Crippen LogP contribution in [0.4, 0.5) is 0 Å². The zero-order valence-electron chi connectivity index (χ0n) is 18.3. The van der Waals surface area contributed by atoms with Crippen molar-refractivity contribution in [3.05, 3.63) is 0 Å².